The van der Waals surface area contributed by atoms with Crippen LogP contribution in [0.15, 0.2) is 48.5 Å². The first-order chi connectivity index (χ1) is 15.9. The molecule has 2 aliphatic heterocycles. The quantitative estimate of drug-likeness (QED) is 0.571. The highest BCUT2D eigenvalue weighted by atomic mass is 19.4. The molecule has 34 heavy (non-hydrogen) atoms. The summed E-state index contributed by atoms with van der Waals surface area (Å²) in [6, 6.07) is 10.2. The molecule has 2 aliphatic rings. The summed E-state index contributed by atoms with van der Waals surface area (Å²) in [5.41, 5.74) is -3.06. The maximum Gasteiger partial charge on any atom is 0.416 e. The molecule has 0 bridgehead atoms. The van der Waals surface area contributed by atoms with Gasteiger partial charge in [-0.05, 0) is 42.7 Å². The fourth-order valence-corrected chi connectivity index (χ4v) is 4.36. The number of fused-ring (bicyclic) bond motifs is 1. The van der Waals surface area contributed by atoms with Crippen LogP contribution in [0.1, 0.15) is 41.7 Å². The highest BCUT2D eigenvalue weighted by Crippen LogP contribution is 2.39. The predicted octanol–water partition coefficient (Wildman–Crippen LogP) is 5.17. The molecule has 2 fully saturated rings. The average Bonchev–Trinajstić information content (AvgIpc) is 3.15. The van der Waals surface area contributed by atoms with Crippen LogP contribution in [0.25, 0.3) is 0 Å². The standard InChI is InChI=1S/C23H22F6N2O3/c1-13(14-7-16(22(24,25)26)9-17(8-14)23(27,28)29)33-12-21(15-5-3-2-4-6-15)10-18-19(11-30-21)34-20(32)31-18/h2-9,13,18-19,30H,10-12H2,1H3,(H,31,32). The third kappa shape index (κ3) is 5.00. The third-order valence-corrected chi connectivity index (χ3v) is 6.21. The molecule has 2 heterocycles. The number of alkyl carbamates (subject to hydrolysis) is 1. The van der Waals surface area contributed by atoms with Crippen LogP contribution in [-0.4, -0.2) is 31.4 Å². The molecule has 5 nitrogen and oxygen atoms in total. The van der Waals surface area contributed by atoms with E-state index < -0.39 is 41.2 Å². The number of hydrogen-bond donors (Lipinski definition) is 2. The van der Waals surface area contributed by atoms with Crippen LogP contribution in [-0.2, 0) is 27.4 Å². The Morgan fingerprint density at radius 1 is 1.06 bits per heavy atom. The van der Waals surface area contributed by atoms with Crippen molar-refractivity contribution in [3.63, 3.8) is 0 Å². The van der Waals surface area contributed by atoms with Crippen molar-refractivity contribution in [3.05, 3.63) is 70.8 Å². The Kier molecular flexibility index (Phi) is 6.28. The zero-order valence-corrected chi connectivity index (χ0v) is 18.0. The largest absolute Gasteiger partial charge is 0.443 e. The summed E-state index contributed by atoms with van der Waals surface area (Å²) < 4.78 is 90.6. The lowest BCUT2D eigenvalue weighted by molar-refractivity contribution is -0.143. The van der Waals surface area contributed by atoms with Crippen molar-refractivity contribution >= 4 is 6.09 Å². The molecule has 11 heteroatoms. The number of amides is 1. The fraction of sp³-hybridized carbons (Fsp3) is 0.435. The van der Waals surface area contributed by atoms with Gasteiger partial charge >= 0.3 is 18.4 Å². The van der Waals surface area contributed by atoms with Crippen LogP contribution >= 0.6 is 0 Å². The normalized spacial score (nSPS) is 25.9. The second kappa shape index (κ2) is 8.77. The summed E-state index contributed by atoms with van der Waals surface area (Å²) in [6.07, 6.45) is -11.5. The SMILES string of the molecule is CC(OCC1(c2ccccc2)CC2NC(=O)OC2CN1)c1cc(C(F)(F)F)cc(C(F)(F)F)c1. The van der Waals surface area contributed by atoms with E-state index in [2.05, 4.69) is 10.6 Å². The number of halogens is 6. The predicted molar refractivity (Wildman–Crippen MR) is 109 cm³/mol. The number of ether oxygens (including phenoxy) is 2. The molecule has 2 aromatic carbocycles. The molecule has 2 N–H and O–H groups in total. The molecule has 0 aliphatic carbocycles. The van der Waals surface area contributed by atoms with Gasteiger partial charge in [-0.15, -0.1) is 0 Å². The first-order valence-electron chi connectivity index (χ1n) is 10.6. The Bertz CT molecular complexity index is 1010. The molecule has 2 aromatic rings. The van der Waals surface area contributed by atoms with E-state index in [1.54, 1.807) is 12.1 Å². The monoisotopic (exact) mass is 488 g/mol. The summed E-state index contributed by atoms with van der Waals surface area (Å²) in [7, 11) is 0. The van der Waals surface area contributed by atoms with Gasteiger partial charge in [0.1, 0.15) is 6.10 Å². The Balaban J connectivity index is 1.61. The summed E-state index contributed by atoms with van der Waals surface area (Å²) in [4.78, 5) is 11.7. The van der Waals surface area contributed by atoms with E-state index in [9.17, 15) is 31.1 Å². The number of piperidine rings is 1. The molecule has 2 saturated heterocycles. The molecule has 0 aromatic heterocycles. The minimum Gasteiger partial charge on any atom is -0.443 e. The lowest BCUT2D eigenvalue weighted by Crippen LogP contribution is -2.59. The summed E-state index contributed by atoms with van der Waals surface area (Å²) >= 11 is 0. The van der Waals surface area contributed by atoms with Gasteiger partial charge in [-0.3, -0.25) is 0 Å². The highest BCUT2D eigenvalue weighted by Gasteiger charge is 2.47. The molecular formula is C23H22F6N2O3. The van der Waals surface area contributed by atoms with Crippen molar-refractivity contribution in [3.8, 4) is 0 Å². The number of carbonyl (C=O) groups is 1. The van der Waals surface area contributed by atoms with E-state index in [-0.39, 0.29) is 30.4 Å². The molecule has 0 saturated carbocycles. The van der Waals surface area contributed by atoms with Crippen molar-refractivity contribution in [2.45, 2.75) is 49.5 Å². The number of nitrogens with one attached hydrogen (secondary N) is 2. The second-order valence-corrected chi connectivity index (χ2v) is 8.52. The molecule has 4 rings (SSSR count). The molecule has 0 spiro atoms. The zero-order chi connectivity index (χ0) is 24.7. The van der Waals surface area contributed by atoms with Crippen molar-refractivity contribution < 1.29 is 40.6 Å². The van der Waals surface area contributed by atoms with Crippen LogP contribution in [0.3, 0.4) is 0 Å². The van der Waals surface area contributed by atoms with Gasteiger partial charge in [0.25, 0.3) is 0 Å². The molecular weight excluding hydrogens is 466 g/mol. The van der Waals surface area contributed by atoms with E-state index >= 15 is 0 Å². The molecule has 1 amide bonds. The summed E-state index contributed by atoms with van der Waals surface area (Å²) in [6.45, 7) is 1.65. The highest BCUT2D eigenvalue weighted by molar-refractivity contribution is 5.70. The Hall–Kier alpha value is -2.79. The van der Waals surface area contributed by atoms with Crippen molar-refractivity contribution in [1.29, 1.82) is 0 Å². The Morgan fingerprint density at radius 3 is 2.26 bits per heavy atom. The minimum atomic E-state index is -4.94. The summed E-state index contributed by atoms with van der Waals surface area (Å²) in [5.74, 6) is 0. The lowest BCUT2D eigenvalue weighted by Gasteiger charge is -2.43. The van der Waals surface area contributed by atoms with E-state index in [0.29, 0.717) is 25.1 Å². The van der Waals surface area contributed by atoms with E-state index in [4.69, 9.17) is 9.47 Å². The number of hydrogen-bond acceptors (Lipinski definition) is 4. The van der Waals surface area contributed by atoms with Gasteiger partial charge in [0.2, 0.25) is 0 Å². The Labute approximate surface area is 191 Å². The summed E-state index contributed by atoms with van der Waals surface area (Å²) in [5, 5.41) is 6.06. The van der Waals surface area contributed by atoms with E-state index in [1.165, 1.54) is 6.92 Å². The smallest absolute Gasteiger partial charge is 0.416 e. The third-order valence-electron chi connectivity index (χ3n) is 6.21. The van der Waals surface area contributed by atoms with Crippen molar-refractivity contribution in [2.24, 2.45) is 0 Å². The lowest BCUT2D eigenvalue weighted by atomic mass is 9.80. The van der Waals surface area contributed by atoms with Gasteiger partial charge in [0.05, 0.1) is 35.4 Å². The number of carbonyl (C=O) groups excluding carboxylic acids is 1. The van der Waals surface area contributed by atoms with Gasteiger partial charge in [0, 0.05) is 6.54 Å². The second-order valence-electron chi connectivity index (χ2n) is 8.52. The number of benzene rings is 2. The van der Waals surface area contributed by atoms with Gasteiger partial charge in [-0.2, -0.15) is 26.3 Å². The van der Waals surface area contributed by atoms with Crippen LogP contribution in [0.4, 0.5) is 31.1 Å². The van der Waals surface area contributed by atoms with Crippen LogP contribution < -0.4 is 10.6 Å². The maximum absolute atomic E-state index is 13.3. The van der Waals surface area contributed by atoms with Crippen molar-refractivity contribution in [2.75, 3.05) is 13.2 Å². The maximum atomic E-state index is 13.3. The minimum absolute atomic E-state index is 0.0606. The fourth-order valence-electron chi connectivity index (χ4n) is 4.36. The van der Waals surface area contributed by atoms with Crippen molar-refractivity contribution in [1.82, 2.24) is 10.6 Å². The topological polar surface area (TPSA) is 59.6 Å². The number of alkyl halides is 6. The first-order valence-corrected chi connectivity index (χ1v) is 10.6. The molecule has 0 radical (unpaired) electrons. The molecule has 184 valence electrons. The van der Waals surface area contributed by atoms with E-state index in [1.807, 2.05) is 18.2 Å². The van der Waals surface area contributed by atoms with Gasteiger partial charge in [0.15, 0.2) is 0 Å². The first kappa shape index (κ1) is 24.3. The van der Waals surface area contributed by atoms with E-state index in [0.717, 1.165) is 5.56 Å². The number of rotatable bonds is 5. The van der Waals surface area contributed by atoms with Gasteiger partial charge in [-0.1, -0.05) is 30.3 Å². The molecule has 4 atom stereocenters. The van der Waals surface area contributed by atoms with Crippen LogP contribution in [0.5, 0.6) is 0 Å². The molecule has 4 unspecified atom stereocenters. The van der Waals surface area contributed by atoms with Gasteiger partial charge < -0.3 is 20.1 Å². The van der Waals surface area contributed by atoms with Crippen LogP contribution in [0.2, 0.25) is 0 Å². The van der Waals surface area contributed by atoms with Crippen LogP contribution in [0, 0.1) is 0 Å². The average molecular weight is 488 g/mol. The van der Waals surface area contributed by atoms with Gasteiger partial charge in [-0.25, -0.2) is 4.79 Å². The zero-order valence-electron chi connectivity index (χ0n) is 18.0. The Morgan fingerprint density at radius 2 is 1.68 bits per heavy atom.